The van der Waals surface area contributed by atoms with Gasteiger partial charge in [0.2, 0.25) is 5.95 Å². The monoisotopic (exact) mass is 256 g/mol. The van der Waals surface area contributed by atoms with Gasteiger partial charge in [-0.25, -0.2) is 9.78 Å². The molecule has 0 fully saturated rings. The van der Waals surface area contributed by atoms with Crippen molar-refractivity contribution in [3.8, 4) is 0 Å². The summed E-state index contributed by atoms with van der Waals surface area (Å²) in [6.07, 6.45) is 1.47. The van der Waals surface area contributed by atoms with Gasteiger partial charge in [-0.2, -0.15) is 4.98 Å². The molecular formula is C9H9ClN4OS. The van der Waals surface area contributed by atoms with Gasteiger partial charge in [0.25, 0.3) is 0 Å². The molecule has 0 unspecified atom stereocenters. The number of aromatic nitrogens is 3. The van der Waals surface area contributed by atoms with Crippen LogP contribution in [0.2, 0.25) is 4.34 Å². The molecule has 5 nitrogen and oxygen atoms in total. The lowest BCUT2D eigenvalue weighted by molar-refractivity contribution is 0.710. The van der Waals surface area contributed by atoms with E-state index >= 15 is 0 Å². The summed E-state index contributed by atoms with van der Waals surface area (Å²) in [5.74, 6) is 0.325. The minimum atomic E-state index is -0.330. The van der Waals surface area contributed by atoms with Gasteiger partial charge in [-0.05, 0) is 12.1 Å². The smallest absolute Gasteiger partial charge is 0.352 e. The average Bonchev–Trinajstić information content (AvgIpc) is 2.67. The number of hydrogen-bond acceptors (Lipinski definition) is 5. The fraction of sp³-hybridized carbons (Fsp3) is 0.222. The third-order valence-electron chi connectivity index (χ3n) is 1.95. The van der Waals surface area contributed by atoms with Crippen molar-refractivity contribution in [3.63, 3.8) is 0 Å². The molecule has 0 amide bonds. The van der Waals surface area contributed by atoms with Crippen LogP contribution in [0.1, 0.15) is 4.88 Å². The molecule has 0 aromatic carbocycles. The van der Waals surface area contributed by atoms with Crippen molar-refractivity contribution in [1.82, 2.24) is 14.5 Å². The van der Waals surface area contributed by atoms with Crippen LogP contribution in [0.4, 0.5) is 5.95 Å². The summed E-state index contributed by atoms with van der Waals surface area (Å²) in [5.41, 5.74) is -0.330. The molecule has 0 aliphatic heterocycles. The molecule has 1 N–H and O–H groups in total. The van der Waals surface area contributed by atoms with Crippen molar-refractivity contribution in [2.24, 2.45) is 0 Å². The quantitative estimate of drug-likeness (QED) is 0.903. The highest BCUT2D eigenvalue weighted by molar-refractivity contribution is 7.16. The summed E-state index contributed by atoms with van der Waals surface area (Å²) in [7, 11) is 1.66. The largest absolute Gasteiger partial charge is 0.357 e. The highest BCUT2D eigenvalue weighted by Crippen LogP contribution is 2.21. The van der Waals surface area contributed by atoms with Crippen LogP contribution in [0, 0.1) is 0 Å². The number of halogens is 1. The van der Waals surface area contributed by atoms with Crippen LogP contribution >= 0.6 is 22.9 Å². The first-order valence-corrected chi connectivity index (χ1v) is 5.74. The second-order valence-electron chi connectivity index (χ2n) is 3.05. The first-order valence-electron chi connectivity index (χ1n) is 4.54. The Labute approximate surface area is 101 Å². The average molecular weight is 257 g/mol. The summed E-state index contributed by atoms with van der Waals surface area (Å²) in [5, 5.41) is 2.71. The Morgan fingerprint density at radius 3 is 2.94 bits per heavy atom. The van der Waals surface area contributed by atoms with E-state index < -0.39 is 0 Å². The Kier molecular flexibility index (Phi) is 3.21. The lowest BCUT2D eigenvalue weighted by Crippen LogP contribution is -2.24. The summed E-state index contributed by atoms with van der Waals surface area (Å²) < 4.78 is 2.14. The minimum Gasteiger partial charge on any atom is -0.357 e. The third-order valence-corrected chi connectivity index (χ3v) is 3.16. The maximum atomic E-state index is 11.6. The molecule has 2 heterocycles. The van der Waals surface area contributed by atoms with Gasteiger partial charge in [-0.15, -0.1) is 11.3 Å². The molecule has 0 spiro atoms. The van der Waals surface area contributed by atoms with Gasteiger partial charge in [0, 0.05) is 11.9 Å². The summed E-state index contributed by atoms with van der Waals surface area (Å²) >= 11 is 7.24. The fourth-order valence-corrected chi connectivity index (χ4v) is 2.28. The van der Waals surface area contributed by atoms with Gasteiger partial charge in [-0.3, -0.25) is 4.57 Å². The Morgan fingerprint density at radius 1 is 1.56 bits per heavy atom. The summed E-state index contributed by atoms with van der Waals surface area (Å²) in [6, 6.07) is 3.68. The number of hydrogen-bond donors (Lipinski definition) is 1. The predicted molar refractivity (Wildman–Crippen MR) is 64.3 cm³/mol. The lowest BCUT2D eigenvalue weighted by Gasteiger charge is -2.02. The van der Waals surface area contributed by atoms with Crippen molar-refractivity contribution >= 4 is 28.9 Å². The van der Waals surface area contributed by atoms with Crippen molar-refractivity contribution in [2.75, 3.05) is 12.4 Å². The number of nitrogens with one attached hydrogen (secondary N) is 1. The first kappa shape index (κ1) is 11.1. The molecule has 16 heavy (non-hydrogen) atoms. The maximum Gasteiger partial charge on any atom is 0.352 e. The zero-order chi connectivity index (χ0) is 11.5. The van der Waals surface area contributed by atoms with Crippen LogP contribution in [-0.4, -0.2) is 21.6 Å². The van der Waals surface area contributed by atoms with Crippen molar-refractivity contribution in [1.29, 1.82) is 0 Å². The molecule has 7 heteroatoms. The molecule has 2 aromatic heterocycles. The molecule has 0 saturated carbocycles. The van der Waals surface area contributed by atoms with Gasteiger partial charge >= 0.3 is 5.69 Å². The number of nitrogens with zero attached hydrogens (tertiary/aromatic N) is 3. The Bertz CT molecular complexity index is 550. The molecule has 0 bridgehead atoms. The molecule has 2 rings (SSSR count). The van der Waals surface area contributed by atoms with E-state index in [9.17, 15) is 4.79 Å². The molecule has 0 aliphatic rings. The van der Waals surface area contributed by atoms with E-state index in [1.54, 1.807) is 13.1 Å². The Hall–Kier alpha value is -1.40. The molecular weight excluding hydrogens is 248 g/mol. The molecule has 0 atom stereocenters. The fourth-order valence-electron chi connectivity index (χ4n) is 1.19. The van der Waals surface area contributed by atoms with Crippen molar-refractivity contribution < 1.29 is 0 Å². The van der Waals surface area contributed by atoms with Crippen molar-refractivity contribution in [3.05, 3.63) is 38.2 Å². The zero-order valence-corrected chi connectivity index (χ0v) is 10.0. The lowest BCUT2D eigenvalue weighted by atomic mass is 10.4. The minimum absolute atomic E-state index is 0.325. The van der Waals surface area contributed by atoms with E-state index in [1.165, 1.54) is 22.2 Å². The number of rotatable bonds is 3. The molecule has 0 radical (unpaired) electrons. The topological polar surface area (TPSA) is 59.8 Å². The molecule has 0 saturated heterocycles. The standard InChI is InChI=1S/C9H9ClN4OS/c1-11-8-12-5-14(9(15)13-8)4-6-2-3-7(10)16-6/h2-3,5H,4H2,1H3,(H,11,13,15). The van der Waals surface area contributed by atoms with E-state index in [-0.39, 0.29) is 5.69 Å². The van der Waals surface area contributed by atoms with Crippen LogP contribution in [0.25, 0.3) is 0 Å². The highest BCUT2D eigenvalue weighted by Gasteiger charge is 2.03. The van der Waals surface area contributed by atoms with Gasteiger partial charge in [-0.1, -0.05) is 11.6 Å². The van der Waals surface area contributed by atoms with E-state index in [0.29, 0.717) is 16.8 Å². The predicted octanol–water partition coefficient (Wildman–Crippen LogP) is 1.44. The van der Waals surface area contributed by atoms with Gasteiger partial charge in [0.05, 0.1) is 10.9 Å². The van der Waals surface area contributed by atoms with E-state index in [1.807, 2.05) is 6.07 Å². The van der Waals surface area contributed by atoms with Gasteiger partial charge in [0.15, 0.2) is 0 Å². The summed E-state index contributed by atoms with van der Waals surface area (Å²) in [4.78, 5) is 20.3. The molecule has 84 valence electrons. The van der Waals surface area contributed by atoms with Gasteiger partial charge in [0.1, 0.15) is 6.33 Å². The van der Waals surface area contributed by atoms with Gasteiger partial charge < -0.3 is 5.32 Å². The second-order valence-corrected chi connectivity index (χ2v) is 4.85. The Morgan fingerprint density at radius 2 is 2.38 bits per heavy atom. The van der Waals surface area contributed by atoms with E-state index in [0.717, 1.165) is 4.88 Å². The van der Waals surface area contributed by atoms with Crippen LogP contribution in [0.3, 0.4) is 0 Å². The zero-order valence-electron chi connectivity index (χ0n) is 8.48. The summed E-state index contributed by atoms with van der Waals surface area (Å²) in [6.45, 7) is 0.445. The second kappa shape index (κ2) is 4.63. The van der Waals surface area contributed by atoms with E-state index in [2.05, 4.69) is 15.3 Å². The van der Waals surface area contributed by atoms with E-state index in [4.69, 9.17) is 11.6 Å². The molecule has 0 aliphatic carbocycles. The molecule has 2 aromatic rings. The normalized spacial score (nSPS) is 10.4. The Balaban J connectivity index is 2.25. The van der Waals surface area contributed by atoms with Crippen LogP contribution < -0.4 is 11.0 Å². The van der Waals surface area contributed by atoms with Crippen LogP contribution in [-0.2, 0) is 6.54 Å². The van der Waals surface area contributed by atoms with Crippen molar-refractivity contribution in [2.45, 2.75) is 6.54 Å². The first-order chi connectivity index (χ1) is 7.69. The maximum absolute atomic E-state index is 11.6. The SMILES string of the molecule is CNc1ncn(Cc2ccc(Cl)s2)c(=O)n1. The highest BCUT2D eigenvalue weighted by atomic mass is 35.5. The number of thiophene rings is 1. The number of anilines is 1. The van der Waals surface area contributed by atoms with Crippen LogP contribution in [0.15, 0.2) is 23.3 Å². The van der Waals surface area contributed by atoms with Crippen LogP contribution in [0.5, 0.6) is 0 Å². The third kappa shape index (κ3) is 2.40.